The molecule has 1 aromatic heterocycles. The topological polar surface area (TPSA) is 55.7 Å². The summed E-state index contributed by atoms with van der Waals surface area (Å²) >= 11 is 0. The van der Waals surface area contributed by atoms with Crippen LogP contribution in [-0.2, 0) is 0 Å². The number of nitrogens with one attached hydrogen (secondary N) is 1. The molecule has 4 nitrogen and oxygen atoms in total. The zero-order valence-electron chi connectivity index (χ0n) is 17.7. The fourth-order valence-corrected chi connectivity index (χ4v) is 3.72. The van der Waals surface area contributed by atoms with Gasteiger partial charge in [-0.1, -0.05) is 60.7 Å². The molecule has 0 saturated heterocycles. The number of aromatic amines is 1. The second-order valence-corrected chi connectivity index (χ2v) is 7.37. The number of nitriles is 1. The van der Waals surface area contributed by atoms with Gasteiger partial charge in [0, 0.05) is 17.1 Å². The van der Waals surface area contributed by atoms with Gasteiger partial charge in [-0.3, -0.25) is 0 Å². The highest BCUT2D eigenvalue weighted by molar-refractivity contribution is 5.90. The third-order valence-corrected chi connectivity index (χ3v) is 5.26. The number of anilines is 3. The molecule has 0 fully saturated rings. The first-order chi connectivity index (χ1) is 15.8. The van der Waals surface area contributed by atoms with Crippen molar-refractivity contribution < 1.29 is 0 Å². The molecule has 0 saturated carbocycles. The van der Waals surface area contributed by atoms with Gasteiger partial charge >= 0.3 is 0 Å². The van der Waals surface area contributed by atoms with E-state index in [0.717, 1.165) is 33.7 Å². The Morgan fingerprint density at radius 2 is 1.27 bits per heavy atom. The maximum Gasteiger partial charge on any atom is 0.149 e. The molecule has 1 heterocycles. The van der Waals surface area contributed by atoms with Gasteiger partial charge in [-0.2, -0.15) is 5.26 Å². The number of allylic oxidation sites excluding steroid dienone is 1. The van der Waals surface area contributed by atoms with Crippen LogP contribution in [0.5, 0.6) is 0 Å². The van der Waals surface area contributed by atoms with Gasteiger partial charge in [-0.15, -0.1) is 12.4 Å². The minimum absolute atomic E-state index is 0. The van der Waals surface area contributed by atoms with E-state index in [1.54, 1.807) is 0 Å². The lowest BCUT2D eigenvalue weighted by atomic mass is 10.1. The highest BCUT2D eigenvalue weighted by Gasteiger charge is 2.12. The highest BCUT2D eigenvalue weighted by Crippen LogP contribution is 2.34. The number of fused-ring (bicyclic) bond motifs is 1. The average Bonchev–Trinajstić information content (AvgIpc) is 3.29. The van der Waals surface area contributed by atoms with E-state index < -0.39 is 0 Å². The van der Waals surface area contributed by atoms with Gasteiger partial charge in [0.2, 0.25) is 0 Å². The Morgan fingerprint density at radius 1 is 0.727 bits per heavy atom. The van der Waals surface area contributed by atoms with E-state index in [1.165, 1.54) is 0 Å². The smallest absolute Gasteiger partial charge is 0.149 e. The Kier molecular flexibility index (Phi) is 6.54. The molecule has 4 aromatic carbocycles. The van der Waals surface area contributed by atoms with Crippen molar-refractivity contribution in [2.24, 2.45) is 0 Å². The monoisotopic (exact) mass is 448 g/mol. The summed E-state index contributed by atoms with van der Waals surface area (Å²) in [6.45, 7) is 0. The lowest BCUT2D eigenvalue weighted by molar-refractivity contribution is 1.27. The van der Waals surface area contributed by atoms with E-state index in [9.17, 15) is 5.26 Å². The van der Waals surface area contributed by atoms with E-state index in [0.29, 0.717) is 11.4 Å². The number of rotatable bonds is 5. The molecule has 0 amide bonds. The van der Waals surface area contributed by atoms with Crippen LogP contribution in [0.25, 0.3) is 22.7 Å². The third kappa shape index (κ3) is 4.64. The summed E-state index contributed by atoms with van der Waals surface area (Å²) in [4.78, 5) is 9.99. The summed E-state index contributed by atoms with van der Waals surface area (Å²) in [5.74, 6) is 0.577. The fraction of sp³-hybridized carbons (Fsp3) is 0. The number of hydrogen-bond donors (Lipinski definition) is 1. The van der Waals surface area contributed by atoms with Crippen molar-refractivity contribution in [2.45, 2.75) is 0 Å². The SMILES string of the molecule is Cl.N#C/C(=C\c1ccc(N(c2ccccc2)c2ccccc2)cc1)c1nc2ccccc2[nH]1. The van der Waals surface area contributed by atoms with Crippen LogP contribution in [0.3, 0.4) is 0 Å². The standard InChI is InChI=1S/C28H20N4.ClH/c29-20-22(28-30-26-13-7-8-14-27(26)31-28)19-21-15-17-25(18-16-21)32(23-9-3-1-4-10-23)24-11-5-2-6-12-24;/h1-19H,(H,30,31);1H/b22-19+;. The highest BCUT2D eigenvalue weighted by atomic mass is 35.5. The minimum atomic E-state index is 0. The molecule has 5 rings (SSSR count). The number of para-hydroxylation sites is 4. The number of halogens is 1. The minimum Gasteiger partial charge on any atom is -0.337 e. The number of hydrogen-bond acceptors (Lipinski definition) is 3. The number of aromatic nitrogens is 2. The zero-order valence-corrected chi connectivity index (χ0v) is 18.5. The van der Waals surface area contributed by atoms with Gasteiger partial charge < -0.3 is 9.88 Å². The molecule has 160 valence electrons. The molecule has 0 spiro atoms. The lowest BCUT2D eigenvalue weighted by Gasteiger charge is -2.25. The molecule has 1 N–H and O–H groups in total. The first-order valence-corrected chi connectivity index (χ1v) is 10.4. The molecule has 0 atom stereocenters. The molecule has 0 aliphatic heterocycles. The van der Waals surface area contributed by atoms with Crippen LogP contribution in [0, 0.1) is 11.3 Å². The van der Waals surface area contributed by atoms with Crippen LogP contribution in [0.15, 0.2) is 109 Å². The van der Waals surface area contributed by atoms with Crippen LogP contribution in [0.1, 0.15) is 11.4 Å². The Labute approximate surface area is 198 Å². The molecule has 0 bridgehead atoms. The van der Waals surface area contributed by atoms with Crippen molar-refractivity contribution in [1.82, 2.24) is 9.97 Å². The van der Waals surface area contributed by atoms with Crippen LogP contribution in [-0.4, -0.2) is 9.97 Å². The number of imidazole rings is 1. The van der Waals surface area contributed by atoms with Gasteiger partial charge in [0.15, 0.2) is 0 Å². The Bertz CT molecular complexity index is 1340. The Hall–Kier alpha value is -4.33. The van der Waals surface area contributed by atoms with Gasteiger partial charge in [-0.25, -0.2) is 4.98 Å². The Morgan fingerprint density at radius 3 is 1.85 bits per heavy atom. The van der Waals surface area contributed by atoms with E-state index >= 15 is 0 Å². The zero-order chi connectivity index (χ0) is 21.8. The normalized spacial score (nSPS) is 10.9. The molecule has 33 heavy (non-hydrogen) atoms. The third-order valence-electron chi connectivity index (χ3n) is 5.26. The maximum atomic E-state index is 9.72. The molecule has 5 aromatic rings. The second-order valence-electron chi connectivity index (χ2n) is 7.37. The van der Waals surface area contributed by atoms with Crippen LogP contribution >= 0.6 is 12.4 Å². The molecule has 0 aliphatic rings. The fourth-order valence-electron chi connectivity index (χ4n) is 3.72. The molecule has 0 radical (unpaired) electrons. The largest absolute Gasteiger partial charge is 0.337 e. The lowest BCUT2D eigenvalue weighted by Crippen LogP contribution is -2.09. The summed E-state index contributed by atoms with van der Waals surface area (Å²) in [5, 5.41) is 9.72. The molecule has 0 unspecified atom stereocenters. The second kappa shape index (κ2) is 9.86. The summed E-state index contributed by atoms with van der Waals surface area (Å²) < 4.78 is 0. The molecular weight excluding hydrogens is 428 g/mol. The van der Waals surface area contributed by atoms with E-state index in [2.05, 4.69) is 57.3 Å². The first-order valence-electron chi connectivity index (χ1n) is 10.4. The van der Waals surface area contributed by atoms with E-state index in [4.69, 9.17) is 0 Å². The van der Waals surface area contributed by atoms with Crippen molar-refractivity contribution in [2.75, 3.05) is 4.90 Å². The maximum absolute atomic E-state index is 9.72. The van der Waals surface area contributed by atoms with E-state index in [1.807, 2.05) is 78.9 Å². The van der Waals surface area contributed by atoms with Crippen molar-refractivity contribution in [3.63, 3.8) is 0 Å². The predicted octanol–water partition coefficient (Wildman–Crippen LogP) is 7.52. The summed E-state index contributed by atoms with van der Waals surface area (Å²) in [6, 6.07) is 38.8. The first kappa shape index (κ1) is 21.9. The summed E-state index contributed by atoms with van der Waals surface area (Å²) in [7, 11) is 0. The van der Waals surface area contributed by atoms with Crippen molar-refractivity contribution in [1.29, 1.82) is 5.26 Å². The van der Waals surface area contributed by atoms with Crippen molar-refractivity contribution >= 4 is 52.2 Å². The van der Waals surface area contributed by atoms with Crippen LogP contribution < -0.4 is 4.90 Å². The predicted molar refractivity (Wildman–Crippen MR) is 138 cm³/mol. The molecule has 5 heteroatoms. The van der Waals surface area contributed by atoms with Crippen molar-refractivity contribution in [3.05, 3.63) is 121 Å². The number of benzene rings is 4. The van der Waals surface area contributed by atoms with Gasteiger partial charge in [0.05, 0.1) is 16.6 Å². The summed E-state index contributed by atoms with van der Waals surface area (Å²) in [6.07, 6.45) is 1.86. The van der Waals surface area contributed by atoms with Gasteiger partial charge in [0.25, 0.3) is 0 Å². The number of nitrogens with zero attached hydrogens (tertiary/aromatic N) is 3. The van der Waals surface area contributed by atoms with Crippen LogP contribution in [0.2, 0.25) is 0 Å². The van der Waals surface area contributed by atoms with Crippen LogP contribution in [0.4, 0.5) is 17.1 Å². The van der Waals surface area contributed by atoms with E-state index in [-0.39, 0.29) is 12.4 Å². The molecular formula is C28H21ClN4. The summed E-state index contributed by atoms with van der Waals surface area (Å²) in [5.41, 5.74) is 6.41. The van der Waals surface area contributed by atoms with Crippen molar-refractivity contribution in [3.8, 4) is 6.07 Å². The Balaban J connectivity index is 0.00000259. The quantitative estimate of drug-likeness (QED) is 0.283. The average molecular weight is 449 g/mol. The number of H-pyrrole nitrogens is 1. The molecule has 0 aliphatic carbocycles. The van der Waals surface area contributed by atoms with Gasteiger partial charge in [-0.05, 0) is 60.2 Å². The van der Waals surface area contributed by atoms with Gasteiger partial charge in [0.1, 0.15) is 11.9 Å².